The zero-order chi connectivity index (χ0) is 19.1. The molecule has 0 bridgehead atoms. The van der Waals surface area contributed by atoms with Crippen LogP contribution < -0.4 is 0 Å². The summed E-state index contributed by atoms with van der Waals surface area (Å²) < 4.78 is 6.74. The van der Waals surface area contributed by atoms with Crippen LogP contribution in [-0.4, -0.2) is 22.5 Å². The van der Waals surface area contributed by atoms with Crippen LogP contribution in [0.5, 0.6) is 0 Å². The van der Waals surface area contributed by atoms with E-state index in [1.807, 2.05) is 0 Å². The van der Waals surface area contributed by atoms with E-state index in [9.17, 15) is 0 Å². The lowest BCUT2D eigenvalue weighted by Crippen LogP contribution is -2.45. The molecule has 1 nitrogen and oxygen atoms in total. The number of hydrogen-bond donors (Lipinski definition) is 0. The Hall–Kier alpha value is -0.746. The molecule has 0 aromatic heterocycles. The van der Waals surface area contributed by atoms with Gasteiger partial charge in [0.1, 0.15) is 8.07 Å². The van der Waals surface area contributed by atoms with Crippen molar-refractivity contribution in [2.45, 2.75) is 96.8 Å². The number of unbranched alkanes of at least 4 members (excludes halogenated alkanes) is 1. The van der Waals surface area contributed by atoms with Gasteiger partial charge in [-0.15, -0.1) is 23.8 Å². The van der Waals surface area contributed by atoms with E-state index in [2.05, 4.69) is 63.2 Å². The fourth-order valence-corrected chi connectivity index (χ4v) is 5.54. The predicted molar refractivity (Wildman–Crippen MR) is 117 cm³/mol. The summed E-state index contributed by atoms with van der Waals surface area (Å²) in [6.45, 7) is 18.3. The lowest BCUT2D eigenvalue weighted by atomic mass is 9.64. The monoisotopic (exact) mass is 374 g/mol. The second-order valence-corrected chi connectivity index (χ2v) is 18.7. The van der Waals surface area contributed by atoms with E-state index in [1.165, 1.54) is 24.8 Å². The molecule has 1 rings (SSSR count). The molecule has 0 aliphatic heterocycles. The number of hydrogen-bond acceptors (Lipinski definition) is 1. The SMILES string of the molecule is C#CCCCC1(C(CC#C[Si](C)(C)C)O[Si](C)(C)C)CCCCC1=C. The zero-order valence-electron chi connectivity index (χ0n) is 17.4. The average molecular weight is 375 g/mol. The van der Waals surface area contributed by atoms with Gasteiger partial charge in [0, 0.05) is 18.3 Å². The first-order valence-electron chi connectivity index (χ1n) is 9.80. The third kappa shape index (κ3) is 7.57. The van der Waals surface area contributed by atoms with E-state index in [0.717, 1.165) is 32.1 Å². The van der Waals surface area contributed by atoms with Crippen molar-refractivity contribution in [3.05, 3.63) is 12.2 Å². The third-order valence-electron chi connectivity index (χ3n) is 4.86. The van der Waals surface area contributed by atoms with E-state index < -0.39 is 16.4 Å². The molecular weight excluding hydrogens is 336 g/mol. The van der Waals surface area contributed by atoms with Crippen molar-refractivity contribution in [3.8, 4) is 23.8 Å². The topological polar surface area (TPSA) is 9.23 Å². The van der Waals surface area contributed by atoms with Crippen LogP contribution in [0, 0.1) is 29.2 Å². The molecule has 1 aliphatic rings. The molecule has 1 saturated carbocycles. The molecule has 0 saturated heterocycles. The molecular formula is C22H38OSi2. The summed E-state index contributed by atoms with van der Waals surface area (Å²) in [5.74, 6) is 6.31. The van der Waals surface area contributed by atoms with Gasteiger partial charge in [-0.05, 0) is 51.7 Å². The summed E-state index contributed by atoms with van der Waals surface area (Å²) in [5.41, 5.74) is 4.99. The molecule has 140 valence electrons. The zero-order valence-corrected chi connectivity index (χ0v) is 19.4. The van der Waals surface area contributed by atoms with Crippen molar-refractivity contribution in [1.82, 2.24) is 0 Å². The van der Waals surface area contributed by atoms with Crippen molar-refractivity contribution in [2.75, 3.05) is 0 Å². The minimum atomic E-state index is -1.66. The van der Waals surface area contributed by atoms with Crippen LogP contribution in [0.1, 0.15) is 51.4 Å². The summed E-state index contributed by atoms with van der Waals surface area (Å²) in [4.78, 5) is 0. The Morgan fingerprint density at radius 1 is 1.20 bits per heavy atom. The highest BCUT2D eigenvalue weighted by atomic mass is 28.4. The summed E-state index contributed by atoms with van der Waals surface area (Å²) in [5, 5.41) is 0. The van der Waals surface area contributed by atoms with Gasteiger partial charge >= 0.3 is 0 Å². The van der Waals surface area contributed by atoms with Gasteiger partial charge < -0.3 is 4.43 Å². The molecule has 0 aromatic rings. The minimum Gasteiger partial charge on any atom is -0.413 e. The van der Waals surface area contributed by atoms with Gasteiger partial charge in [0.2, 0.25) is 0 Å². The van der Waals surface area contributed by atoms with Gasteiger partial charge in [-0.2, -0.15) is 0 Å². The molecule has 0 heterocycles. The lowest BCUT2D eigenvalue weighted by molar-refractivity contribution is 0.0427. The van der Waals surface area contributed by atoms with Gasteiger partial charge in [-0.25, -0.2) is 0 Å². The van der Waals surface area contributed by atoms with Crippen LogP contribution in [0.15, 0.2) is 12.2 Å². The maximum atomic E-state index is 6.74. The Morgan fingerprint density at radius 2 is 1.88 bits per heavy atom. The highest BCUT2D eigenvalue weighted by Crippen LogP contribution is 2.49. The van der Waals surface area contributed by atoms with Crippen LogP contribution >= 0.6 is 0 Å². The smallest absolute Gasteiger partial charge is 0.184 e. The summed E-state index contributed by atoms with van der Waals surface area (Å²) in [6.07, 6.45) is 14.4. The van der Waals surface area contributed by atoms with Crippen LogP contribution in [-0.2, 0) is 4.43 Å². The van der Waals surface area contributed by atoms with E-state index in [-0.39, 0.29) is 11.5 Å². The van der Waals surface area contributed by atoms with E-state index in [4.69, 9.17) is 10.8 Å². The molecule has 25 heavy (non-hydrogen) atoms. The van der Waals surface area contributed by atoms with Crippen molar-refractivity contribution in [3.63, 3.8) is 0 Å². The molecule has 0 aromatic carbocycles. The lowest BCUT2D eigenvalue weighted by Gasteiger charge is -2.47. The first-order valence-corrected chi connectivity index (χ1v) is 16.7. The maximum absolute atomic E-state index is 6.74. The van der Waals surface area contributed by atoms with E-state index >= 15 is 0 Å². The van der Waals surface area contributed by atoms with Crippen LogP contribution in [0.3, 0.4) is 0 Å². The Morgan fingerprint density at radius 3 is 2.40 bits per heavy atom. The first-order chi connectivity index (χ1) is 11.5. The average Bonchev–Trinajstić information content (AvgIpc) is 2.46. The second kappa shape index (κ2) is 9.27. The Labute approximate surface area is 159 Å². The molecule has 0 N–H and O–H groups in total. The minimum absolute atomic E-state index is 0.0729. The summed E-state index contributed by atoms with van der Waals surface area (Å²) in [7, 11) is -3.02. The second-order valence-electron chi connectivity index (χ2n) is 9.50. The number of terminal acetylenes is 1. The van der Waals surface area contributed by atoms with E-state index in [0.29, 0.717) is 0 Å². The van der Waals surface area contributed by atoms with Crippen molar-refractivity contribution >= 4 is 16.4 Å². The highest BCUT2D eigenvalue weighted by Gasteiger charge is 2.43. The van der Waals surface area contributed by atoms with Crippen molar-refractivity contribution < 1.29 is 4.43 Å². The summed E-state index contributed by atoms with van der Waals surface area (Å²) >= 11 is 0. The van der Waals surface area contributed by atoms with Gasteiger partial charge in [0.15, 0.2) is 8.32 Å². The number of rotatable bonds is 7. The Bertz CT molecular complexity index is 548. The standard InChI is InChI=1S/C22H38OSi2/c1-9-10-12-17-22(18-13-11-15-20(22)2)21(23-25(6,7)8)16-14-19-24(3,4)5/h1,21H,2,10-13,15-18H2,3-8H3. The van der Waals surface area contributed by atoms with Gasteiger partial charge in [0.25, 0.3) is 0 Å². The molecule has 0 amide bonds. The fraction of sp³-hybridized carbons (Fsp3) is 0.727. The Kier molecular flexibility index (Phi) is 8.26. The highest BCUT2D eigenvalue weighted by molar-refractivity contribution is 6.83. The first kappa shape index (κ1) is 22.3. The van der Waals surface area contributed by atoms with Crippen LogP contribution in [0.2, 0.25) is 39.3 Å². The maximum Gasteiger partial charge on any atom is 0.184 e. The third-order valence-corrected chi connectivity index (χ3v) is 6.78. The molecule has 1 fully saturated rings. The molecule has 2 unspecified atom stereocenters. The van der Waals surface area contributed by atoms with Crippen molar-refractivity contribution in [2.24, 2.45) is 5.41 Å². The largest absolute Gasteiger partial charge is 0.413 e. The van der Waals surface area contributed by atoms with Crippen LogP contribution in [0.4, 0.5) is 0 Å². The van der Waals surface area contributed by atoms with Crippen LogP contribution in [0.25, 0.3) is 0 Å². The van der Waals surface area contributed by atoms with Crippen molar-refractivity contribution in [1.29, 1.82) is 0 Å². The quantitative estimate of drug-likeness (QED) is 0.217. The van der Waals surface area contributed by atoms with E-state index in [1.54, 1.807) is 0 Å². The molecule has 1 aliphatic carbocycles. The Balaban J connectivity index is 3.14. The summed E-state index contributed by atoms with van der Waals surface area (Å²) in [6, 6.07) is 0. The van der Waals surface area contributed by atoms with Gasteiger partial charge in [0.05, 0.1) is 6.10 Å². The molecule has 3 heteroatoms. The normalized spacial score (nSPS) is 22.7. The van der Waals surface area contributed by atoms with Gasteiger partial charge in [-0.3, -0.25) is 0 Å². The molecule has 0 spiro atoms. The molecule has 2 atom stereocenters. The molecule has 0 radical (unpaired) electrons. The predicted octanol–water partition coefficient (Wildman–Crippen LogP) is 6.40. The fourth-order valence-electron chi connectivity index (χ4n) is 3.75. The van der Waals surface area contributed by atoms with Gasteiger partial charge in [-0.1, -0.05) is 38.2 Å².